The molecule has 0 aliphatic carbocycles. The fourth-order valence-corrected chi connectivity index (χ4v) is 6.55. The molecule has 0 amide bonds. The SMILES string of the molecule is CC1OB(c2ccc3c(-c4ccc5ccccc5c4)c4ccccc4c(-c4ccc5ccccc5c4)c3c2)OC1(C)C. The molecule has 1 aliphatic heterocycles. The van der Waals surface area contributed by atoms with Crippen LogP contribution in [-0.2, 0) is 9.31 Å². The van der Waals surface area contributed by atoms with Crippen LogP contribution in [0.25, 0.3) is 65.3 Å². The van der Waals surface area contributed by atoms with Crippen LogP contribution in [0.4, 0.5) is 0 Å². The van der Waals surface area contributed by atoms with Crippen LogP contribution in [-0.4, -0.2) is 18.8 Å². The van der Waals surface area contributed by atoms with E-state index in [9.17, 15) is 0 Å². The van der Waals surface area contributed by atoms with Crippen molar-refractivity contribution in [2.75, 3.05) is 0 Å². The van der Waals surface area contributed by atoms with Crippen LogP contribution in [0, 0.1) is 0 Å². The van der Waals surface area contributed by atoms with Crippen molar-refractivity contribution < 1.29 is 9.31 Å². The van der Waals surface area contributed by atoms with Gasteiger partial charge in [-0.1, -0.05) is 115 Å². The predicted molar refractivity (Wildman–Crippen MR) is 178 cm³/mol. The average Bonchev–Trinajstić information content (AvgIpc) is 3.30. The first-order chi connectivity index (χ1) is 20.5. The molecule has 0 saturated carbocycles. The van der Waals surface area contributed by atoms with Crippen LogP contribution in [0.2, 0.25) is 0 Å². The van der Waals surface area contributed by atoms with Gasteiger partial charge in [0.15, 0.2) is 0 Å². The number of rotatable bonds is 3. The van der Waals surface area contributed by atoms with Crippen LogP contribution < -0.4 is 5.46 Å². The van der Waals surface area contributed by atoms with Crippen molar-refractivity contribution >= 4 is 55.7 Å². The van der Waals surface area contributed by atoms with E-state index in [4.69, 9.17) is 9.31 Å². The molecule has 8 rings (SSSR count). The molecule has 1 atom stereocenters. The van der Waals surface area contributed by atoms with Gasteiger partial charge >= 0.3 is 7.12 Å². The molecule has 1 fully saturated rings. The molecule has 1 aliphatic rings. The van der Waals surface area contributed by atoms with Gasteiger partial charge in [0.2, 0.25) is 0 Å². The monoisotopic (exact) mass is 542 g/mol. The summed E-state index contributed by atoms with van der Waals surface area (Å²) in [7, 11) is -0.403. The van der Waals surface area contributed by atoms with Crippen LogP contribution in [0.3, 0.4) is 0 Å². The molecule has 202 valence electrons. The van der Waals surface area contributed by atoms with E-state index in [1.807, 2.05) is 0 Å². The molecule has 1 heterocycles. The molecule has 0 aromatic heterocycles. The molecule has 1 unspecified atom stereocenters. The second kappa shape index (κ2) is 9.56. The van der Waals surface area contributed by atoms with Gasteiger partial charge in [0.1, 0.15) is 0 Å². The van der Waals surface area contributed by atoms with Crippen molar-refractivity contribution in [3.05, 3.63) is 127 Å². The molecule has 0 N–H and O–H groups in total. The molecule has 0 spiro atoms. The molecule has 7 aromatic carbocycles. The van der Waals surface area contributed by atoms with Crippen molar-refractivity contribution in [2.24, 2.45) is 0 Å². The zero-order chi connectivity index (χ0) is 28.4. The first kappa shape index (κ1) is 25.3. The zero-order valence-electron chi connectivity index (χ0n) is 24.1. The van der Waals surface area contributed by atoms with Crippen molar-refractivity contribution in [1.82, 2.24) is 0 Å². The lowest BCUT2D eigenvalue weighted by molar-refractivity contribution is 0.0842. The van der Waals surface area contributed by atoms with Gasteiger partial charge in [-0.2, -0.15) is 0 Å². The third kappa shape index (κ3) is 4.04. The first-order valence-corrected chi connectivity index (χ1v) is 14.8. The van der Waals surface area contributed by atoms with Gasteiger partial charge in [-0.3, -0.25) is 0 Å². The molecule has 0 bridgehead atoms. The Bertz CT molecular complexity index is 2160. The third-order valence-corrected chi connectivity index (χ3v) is 9.11. The Labute approximate surface area is 246 Å². The topological polar surface area (TPSA) is 18.5 Å². The maximum atomic E-state index is 6.43. The molecule has 3 heteroatoms. The summed E-state index contributed by atoms with van der Waals surface area (Å²) in [5.74, 6) is 0. The highest BCUT2D eigenvalue weighted by molar-refractivity contribution is 6.62. The van der Waals surface area contributed by atoms with E-state index in [0.29, 0.717) is 0 Å². The highest BCUT2D eigenvalue weighted by Crippen LogP contribution is 2.44. The van der Waals surface area contributed by atoms with Crippen molar-refractivity contribution in [3.8, 4) is 22.3 Å². The summed E-state index contributed by atoms with van der Waals surface area (Å²) >= 11 is 0. The van der Waals surface area contributed by atoms with E-state index in [0.717, 1.165) is 5.46 Å². The lowest BCUT2D eigenvalue weighted by Crippen LogP contribution is -2.34. The Morgan fingerprint density at radius 2 is 1.02 bits per heavy atom. The van der Waals surface area contributed by atoms with Gasteiger partial charge < -0.3 is 9.31 Å². The summed E-state index contributed by atoms with van der Waals surface area (Å²) in [5.41, 5.74) is 5.62. The normalized spacial score (nSPS) is 16.6. The van der Waals surface area contributed by atoms with Gasteiger partial charge in [0, 0.05) is 0 Å². The number of benzene rings is 7. The average molecular weight is 542 g/mol. The second-order valence-electron chi connectivity index (χ2n) is 12.1. The predicted octanol–water partition coefficient (Wildman–Crippen LogP) is 9.54. The van der Waals surface area contributed by atoms with E-state index < -0.39 is 7.12 Å². The fraction of sp³-hybridized carbons (Fsp3) is 0.128. The number of hydrogen-bond acceptors (Lipinski definition) is 2. The summed E-state index contributed by atoms with van der Waals surface area (Å²) in [4.78, 5) is 0. The number of fused-ring (bicyclic) bond motifs is 4. The standard InChI is InChI=1S/C39H31BO2/c1-25-39(2,3)42-40(41-25)32-20-21-35-36(24-32)38(31-19-17-27-11-5-7-13-29(27)23-31)34-15-9-8-14-33(34)37(35)30-18-16-26-10-4-6-12-28(26)22-30/h4-25H,1-3H3. The summed E-state index contributed by atoms with van der Waals surface area (Å²) in [6.07, 6.45) is 0.00270. The lowest BCUT2D eigenvalue weighted by Gasteiger charge is -2.21. The maximum absolute atomic E-state index is 6.43. The van der Waals surface area contributed by atoms with Gasteiger partial charge in [-0.25, -0.2) is 0 Å². The molecule has 2 nitrogen and oxygen atoms in total. The van der Waals surface area contributed by atoms with E-state index in [-0.39, 0.29) is 11.7 Å². The Morgan fingerprint density at radius 3 is 1.57 bits per heavy atom. The van der Waals surface area contributed by atoms with Crippen molar-refractivity contribution in [2.45, 2.75) is 32.5 Å². The first-order valence-electron chi connectivity index (χ1n) is 14.8. The van der Waals surface area contributed by atoms with Crippen LogP contribution in [0.5, 0.6) is 0 Å². The Hall–Kier alpha value is -4.44. The Kier molecular flexibility index (Phi) is 5.75. The van der Waals surface area contributed by atoms with E-state index in [2.05, 4.69) is 148 Å². The zero-order valence-corrected chi connectivity index (χ0v) is 24.1. The van der Waals surface area contributed by atoms with E-state index in [1.165, 1.54) is 65.3 Å². The minimum Gasteiger partial charge on any atom is -0.402 e. The summed E-state index contributed by atoms with van der Waals surface area (Å²) in [6.45, 7) is 6.29. The number of hydrogen-bond donors (Lipinski definition) is 0. The summed E-state index contributed by atoms with van der Waals surface area (Å²) in [5, 5.41) is 9.88. The van der Waals surface area contributed by atoms with Gasteiger partial charge in [-0.15, -0.1) is 0 Å². The minimum atomic E-state index is -0.403. The molecule has 1 saturated heterocycles. The molecule has 0 radical (unpaired) electrons. The lowest BCUT2D eigenvalue weighted by atomic mass is 9.76. The summed E-state index contributed by atoms with van der Waals surface area (Å²) < 4.78 is 12.8. The highest BCUT2D eigenvalue weighted by Gasteiger charge is 2.44. The van der Waals surface area contributed by atoms with Gasteiger partial charge in [-0.05, 0) is 104 Å². The van der Waals surface area contributed by atoms with Crippen LogP contribution in [0.15, 0.2) is 127 Å². The molecule has 42 heavy (non-hydrogen) atoms. The molecular weight excluding hydrogens is 511 g/mol. The highest BCUT2D eigenvalue weighted by atomic mass is 16.7. The van der Waals surface area contributed by atoms with Crippen molar-refractivity contribution in [3.63, 3.8) is 0 Å². The van der Waals surface area contributed by atoms with Crippen LogP contribution in [0.1, 0.15) is 20.8 Å². The third-order valence-electron chi connectivity index (χ3n) is 9.11. The fourth-order valence-electron chi connectivity index (χ4n) is 6.55. The van der Waals surface area contributed by atoms with Gasteiger partial charge in [0.05, 0.1) is 11.7 Å². The smallest absolute Gasteiger partial charge is 0.402 e. The molecule has 7 aromatic rings. The quantitative estimate of drug-likeness (QED) is 0.164. The van der Waals surface area contributed by atoms with E-state index in [1.54, 1.807) is 0 Å². The second-order valence-corrected chi connectivity index (χ2v) is 12.1. The van der Waals surface area contributed by atoms with Gasteiger partial charge in [0.25, 0.3) is 0 Å². The largest absolute Gasteiger partial charge is 0.494 e. The summed E-state index contributed by atoms with van der Waals surface area (Å²) in [6, 6.07) is 46.4. The minimum absolute atomic E-state index is 0.00270. The Balaban J connectivity index is 1.46. The van der Waals surface area contributed by atoms with E-state index >= 15 is 0 Å². The maximum Gasteiger partial charge on any atom is 0.494 e. The van der Waals surface area contributed by atoms with Crippen molar-refractivity contribution in [1.29, 1.82) is 0 Å². The van der Waals surface area contributed by atoms with Crippen LogP contribution >= 0.6 is 0 Å². The Morgan fingerprint density at radius 1 is 0.524 bits per heavy atom. The molecular formula is C39H31BO2.